The number of carbonyl (C=O) groups excluding carboxylic acids is 1. The summed E-state index contributed by atoms with van der Waals surface area (Å²) in [6.07, 6.45) is 3.37. The van der Waals surface area contributed by atoms with Crippen molar-refractivity contribution in [3.05, 3.63) is 60.0 Å². The molecule has 1 aromatic carbocycles. The lowest BCUT2D eigenvalue weighted by Gasteiger charge is -2.19. The van der Waals surface area contributed by atoms with Gasteiger partial charge in [0, 0.05) is 23.5 Å². The van der Waals surface area contributed by atoms with Crippen LogP contribution < -0.4 is 0 Å². The Bertz CT molecular complexity index is 966. The molecule has 2 aromatic heterocycles. The third kappa shape index (κ3) is 5.45. The number of hydrogen-bond donors (Lipinski definition) is 1. The van der Waals surface area contributed by atoms with Crippen LogP contribution in [-0.2, 0) is 10.2 Å². The summed E-state index contributed by atoms with van der Waals surface area (Å²) in [4.78, 5) is 24.7. The van der Waals surface area contributed by atoms with Crippen LogP contribution >= 0.6 is 12.4 Å². The summed E-state index contributed by atoms with van der Waals surface area (Å²) in [7, 11) is 0. The lowest BCUT2D eigenvalue weighted by atomic mass is 9.87. The summed E-state index contributed by atoms with van der Waals surface area (Å²) in [5, 5.41) is 0. The predicted molar refractivity (Wildman–Crippen MR) is 118 cm³/mol. The maximum atomic E-state index is 12.8. The second-order valence-corrected chi connectivity index (χ2v) is 8.87. The zero-order valence-electron chi connectivity index (χ0n) is 17.7. The van der Waals surface area contributed by atoms with Crippen molar-refractivity contribution in [2.75, 3.05) is 0 Å². The van der Waals surface area contributed by atoms with Crippen LogP contribution in [0.3, 0.4) is 0 Å². The maximum absolute atomic E-state index is 12.8. The number of nitrogens with zero attached hydrogens (tertiary/aromatic N) is 2. The van der Waals surface area contributed by atoms with Crippen molar-refractivity contribution in [2.24, 2.45) is 0 Å². The molecule has 6 heteroatoms. The second-order valence-electron chi connectivity index (χ2n) is 8.87. The summed E-state index contributed by atoms with van der Waals surface area (Å²) >= 11 is 0. The average Bonchev–Trinajstić information content (AvgIpc) is 3.06. The zero-order valence-corrected chi connectivity index (χ0v) is 18.6. The van der Waals surface area contributed by atoms with Gasteiger partial charge in [-0.2, -0.15) is 0 Å². The number of rotatable bonds is 3. The molecular weight excluding hydrogens is 386 g/mol. The minimum absolute atomic E-state index is 0. The van der Waals surface area contributed by atoms with E-state index in [1.807, 2.05) is 45.0 Å². The van der Waals surface area contributed by atoms with E-state index in [1.165, 1.54) is 5.56 Å². The number of esters is 1. The van der Waals surface area contributed by atoms with Gasteiger partial charge in [0.1, 0.15) is 11.4 Å². The molecule has 3 rings (SSSR count). The molecule has 0 unspecified atom stereocenters. The van der Waals surface area contributed by atoms with Crippen LogP contribution in [0.15, 0.2) is 48.8 Å². The fourth-order valence-electron chi connectivity index (χ4n) is 2.84. The van der Waals surface area contributed by atoms with Crippen molar-refractivity contribution < 1.29 is 9.53 Å². The minimum Gasteiger partial charge on any atom is -0.455 e. The Morgan fingerprint density at radius 3 is 2.00 bits per heavy atom. The van der Waals surface area contributed by atoms with Gasteiger partial charge in [-0.1, -0.05) is 45.0 Å². The third-order valence-electron chi connectivity index (χ3n) is 4.29. The summed E-state index contributed by atoms with van der Waals surface area (Å²) in [5.74, 6) is 0.182. The smallest absolute Gasteiger partial charge is 0.359 e. The molecule has 1 N–H and O–H groups in total. The number of H-pyrrole nitrogens is 1. The van der Waals surface area contributed by atoms with Gasteiger partial charge in [0.05, 0.1) is 5.69 Å². The Morgan fingerprint density at radius 1 is 0.897 bits per heavy atom. The monoisotopic (exact) mass is 413 g/mol. The zero-order chi connectivity index (χ0) is 20.5. The molecule has 3 aromatic rings. The van der Waals surface area contributed by atoms with Gasteiger partial charge in [-0.05, 0) is 43.9 Å². The molecule has 154 valence electrons. The summed E-state index contributed by atoms with van der Waals surface area (Å²) < 4.78 is 5.56. The van der Waals surface area contributed by atoms with Crippen LogP contribution in [0, 0.1) is 0 Å². The first kappa shape index (κ1) is 22.6. The molecule has 2 heterocycles. The topological polar surface area (TPSA) is 67.9 Å². The first-order valence-corrected chi connectivity index (χ1v) is 9.39. The van der Waals surface area contributed by atoms with Crippen molar-refractivity contribution in [2.45, 2.75) is 52.6 Å². The minimum atomic E-state index is -0.597. The highest BCUT2D eigenvalue weighted by Crippen LogP contribution is 2.29. The van der Waals surface area contributed by atoms with Crippen LogP contribution in [0.25, 0.3) is 22.6 Å². The lowest BCUT2D eigenvalue weighted by molar-refractivity contribution is 0.00645. The maximum Gasteiger partial charge on any atom is 0.359 e. The fraction of sp³-hybridized carbons (Fsp3) is 0.348. The van der Waals surface area contributed by atoms with E-state index in [1.54, 1.807) is 12.4 Å². The van der Waals surface area contributed by atoms with Crippen molar-refractivity contribution >= 4 is 18.4 Å². The van der Waals surface area contributed by atoms with Gasteiger partial charge in [-0.15, -0.1) is 12.4 Å². The Hall–Kier alpha value is -2.66. The number of carbonyl (C=O) groups is 1. The van der Waals surface area contributed by atoms with Crippen molar-refractivity contribution in [1.82, 2.24) is 15.0 Å². The van der Waals surface area contributed by atoms with E-state index in [0.717, 1.165) is 11.1 Å². The van der Waals surface area contributed by atoms with Gasteiger partial charge < -0.3 is 9.72 Å². The fourth-order valence-corrected chi connectivity index (χ4v) is 2.84. The number of aromatic amines is 1. The van der Waals surface area contributed by atoms with Crippen LogP contribution in [0.5, 0.6) is 0 Å². The van der Waals surface area contributed by atoms with Crippen LogP contribution in [-0.4, -0.2) is 26.5 Å². The number of aromatic nitrogens is 3. The number of halogens is 1. The van der Waals surface area contributed by atoms with Gasteiger partial charge in [0.15, 0.2) is 5.69 Å². The predicted octanol–water partition coefficient (Wildman–Crippen LogP) is 5.81. The molecule has 0 bridgehead atoms. The highest BCUT2D eigenvalue weighted by Gasteiger charge is 2.25. The van der Waals surface area contributed by atoms with Gasteiger partial charge in [-0.3, -0.25) is 4.98 Å². The average molecular weight is 414 g/mol. The number of pyridine rings is 1. The standard InChI is InChI=1S/C23H27N3O2.ClH/c1-22(2,3)17-9-7-16(8-10-17)20-25-18(15-11-13-24-14-12-15)19(26-20)21(27)28-23(4,5)6;/h7-14H,1-6H3,(H,25,26);1H. The number of imidazole rings is 1. The summed E-state index contributed by atoms with van der Waals surface area (Å²) in [6.45, 7) is 12.1. The molecule has 0 fully saturated rings. The largest absolute Gasteiger partial charge is 0.455 e. The summed E-state index contributed by atoms with van der Waals surface area (Å²) in [6, 6.07) is 11.9. The normalized spacial score (nSPS) is 11.7. The van der Waals surface area contributed by atoms with Crippen LogP contribution in [0.2, 0.25) is 0 Å². The van der Waals surface area contributed by atoms with Gasteiger partial charge in [-0.25, -0.2) is 9.78 Å². The lowest BCUT2D eigenvalue weighted by Crippen LogP contribution is -2.24. The molecule has 29 heavy (non-hydrogen) atoms. The SMILES string of the molecule is CC(C)(C)OC(=O)c1nc(-c2ccc(C(C)(C)C)cc2)[nH]c1-c1ccncc1.Cl. The first-order valence-electron chi connectivity index (χ1n) is 9.39. The third-order valence-corrected chi connectivity index (χ3v) is 4.29. The van der Waals surface area contributed by atoms with Crippen LogP contribution in [0.4, 0.5) is 0 Å². The van der Waals surface area contributed by atoms with Gasteiger partial charge in [0.25, 0.3) is 0 Å². The Kier molecular flexibility index (Phi) is 6.53. The quantitative estimate of drug-likeness (QED) is 0.550. The first-order chi connectivity index (χ1) is 13.0. The van der Waals surface area contributed by atoms with Crippen molar-refractivity contribution in [3.8, 4) is 22.6 Å². The Labute approximate surface area is 178 Å². The van der Waals surface area contributed by atoms with Gasteiger partial charge >= 0.3 is 5.97 Å². The molecule has 0 saturated carbocycles. The molecule has 0 aliphatic heterocycles. The van der Waals surface area contributed by atoms with Crippen molar-refractivity contribution in [3.63, 3.8) is 0 Å². The molecule has 0 saturated heterocycles. The molecule has 0 spiro atoms. The molecule has 0 atom stereocenters. The van der Waals surface area contributed by atoms with E-state index in [0.29, 0.717) is 11.5 Å². The van der Waals surface area contributed by atoms with E-state index in [4.69, 9.17) is 4.74 Å². The van der Waals surface area contributed by atoms with Crippen molar-refractivity contribution in [1.29, 1.82) is 0 Å². The molecule has 0 aliphatic rings. The molecule has 0 amide bonds. The highest BCUT2D eigenvalue weighted by atomic mass is 35.5. The molecular formula is C23H28ClN3O2. The number of benzene rings is 1. The molecule has 0 aliphatic carbocycles. The number of ether oxygens (including phenoxy) is 1. The number of hydrogen-bond acceptors (Lipinski definition) is 4. The molecule has 5 nitrogen and oxygen atoms in total. The molecule has 0 radical (unpaired) electrons. The Balaban J connectivity index is 0.00000300. The van der Waals surface area contributed by atoms with E-state index in [-0.39, 0.29) is 23.5 Å². The second kappa shape index (κ2) is 8.37. The number of nitrogens with one attached hydrogen (secondary N) is 1. The van der Waals surface area contributed by atoms with Crippen LogP contribution in [0.1, 0.15) is 57.6 Å². The highest BCUT2D eigenvalue weighted by molar-refractivity contribution is 5.95. The Morgan fingerprint density at radius 2 is 1.48 bits per heavy atom. The van der Waals surface area contributed by atoms with E-state index >= 15 is 0 Å². The van der Waals surface area contributed by atoms with Gasteiger partial charge in [0.2, 0.25) is 0 Å². The van der Waals surface area contributed by atoms with E-state index in [9.17, 15) is 4.79 Å². The van der Waals surface area contributed by atoms with E-state index in [2.05, 4.69) is 47.9 Å². The van der Waals surface area contributed by atoms with E-state index < -0.39 is 11.6 Å². The summed E-state index contributed by atoms with van der Waals surface area (Å²) in [5.41, 5.74) is 3.37.